The van der Waals surface area contributed by atoms with E-state index >= 15 is 0 Å². The van der Waals surface area contributed by atoms with Crippen molar-refractivity contribution in [3.63, 3.8) is 0 Å². The molecular formula is C11H23N. The quantitative estimate of drug-likeness (QED) is 0.685. The number of rotatable bonds is 3. The molecule has 1 rings (SSSR count). The summed E-state index contributed by atoms with van der Waals surface area (Å²) in [6.07, 6.45) is 4.08. The van der Waals surface area contributed by atoms with Crippen LogP contribution in [-0.2, 0) is 0 Å². The summed E-state index contributed by atoms with van der Waals surface area (Å²) >= 11 is 0. The second-order valence-electron chi connectivity index (χ2n) is 4.21. The Bertz CT molecular complexity index is 118. The zero-order chi connectivity index (χ0) is 8.97. The van der Waals surface area contributed by atoms with E-state index < -0.39 is 0 Å². The highest BCUT2D eigenvalue weighted by atomic mass is 14.9. The van der Waals surface area contributed by atoms with Crippen molar-refractivity contribution < 1.29 is 0 Å². The molecule has 0 saturated carbocycles. The van der Waals surface area contributed by atoms with Crippen LogP contribution in [0.3, 0.4) is 0 Å². The van der Waals surface area contributed by atoms with E-state index in [0.717, 1.165) is 17.8 Å². The molecule has 1 heteroatoms. The Morgan fingerprint density at radius 1 is 1.33 bits per heavy atom. The molecular weight excluding hydrogens is 146 g/mol. The Labute approximate surface area is 76.9 Å². The van der Waals surface area contributed by atoms with E-state index in [1.165, 1.54) is 32.4 Å². The van der Waals surface area contributed by atoms with Crippen LogP contribution in [0.25, 0.3) is 0 Å². The Morgan fingerprint density at radius 2 is 2.00 bits per heavy atom. The van der Waals surface area contributed by atoms with Gasteiger partial charge in [-0.1, -0.05) is 33.6 Å². The minimum Gasteiger partial charge on any atom is -0.316 e. The maximum Gasteiger partial charge on any atom is -0.00153 e. The number of hydrogen-bond donors (Lipinski definition) is 1. The smallest absolute Gasteiger partial charge is 0.00153 e. The first-order valence-corrected chi connectivity index (χ1v) is 5.50. The summed E-state index contributed by atoms with van der Waals surface area (Å²) in [5, 5.41) is 3.51. The number of nitrogens with one attached hydrogen (secondary N) is 1. The average Bonchev–Trinajstić information content (AvgIpc) is 2.10. The zero-order valence-electron chi connectivity index (χ0n) is 8.77. The molecule has 2 unspecified atom stereocenters. The van der Waals surface area contributed by atoms with Crippen LogP contribution in [0.2, 0.25) is 0 Å². The van der Waals surface area contributed by atoms with Crippen molar-refractivity contribution in [1.82, 2.24) is 5.32 Å². The predicted molar refractivity (Wildman–Crippen MR) is 54.2 cm³/mol. The lowest BCUT2D eigenvalue weighted by Gasteiger charge is -2.35. The van der Waals surface area contributed by atoms with Crippen LogP contribution < -0.4 is 5.32 Å². The third-order valence-corrected chi connectivity index (χ3v) is 3.54. The van der Waals surface area contributed by atoms with Gasteiger partial charge in [0.05, 0.1) is 0 Å². The lowest BCUT2D eigenvalue weighted by atomic mass is 9.76. The van der Waals surface area contributed by atoms with Crippen LogP contribution in [0.15, 0.2) is 0 Å². The Balaban J connectivity index is 2.45. The molecule has 0 aromatic rings. The monoisotopic (exact) mass is 169 g/mol. The first kappa shape index (κ1) is 10.0. The van der Waals surface area contributed by atoms with Gasteiger partial charge in [0.15, 0.2) is 0 Å². The molecule has 0 aliphatic carbocycles. The van der Waals surface area contributed by atoms with Crippen LogP contribution in [-0.4, -0.2) is 13.1 Å². The first-order chi connectivity index (χ1) is 5.79. The molecule has 0 aromatic heterocycles. The van der Waals surface area contributed by atoms with Gasteiger partial charge in [-0.25, -0.2) is 0 Å². The molecule has 12 heavy (non-hydrogen) atoms. The molecule has 1 saturated heterocycles. The molecule has 0 bridgehead atoms. The van der Waals surface area contributed by atoms with E-state index in [-0.39, 0.29) is 0 Å². The summed E-state index contributed by atoms with van der Waals surface area (Å²) in [5.41, 5.74) is 0. The molecule has 1 aliphatic rings. The van der Waals surface area contributed by atoms with Gasteiger partial charge in [-0.3, -0.25) is 0 Å². The van der Waals surface area contributed by atoms with E-state index in [2.05, 4.69) is 26.1 Å². The largest absolute Gasteiger partial charge is 0.316 e. The van der Waals surface area contributed by atoms with Gasteiger partial charge in [-0.05, 0) is 37.3 Å². The van der Waals surface area contributed by atoms with Gasteiger partial charge in [0.1, 0.15) is 0 Å². The second kappa shape index (κ2) is 4.86. The summed E-state index contributed by atoms with van der Waals surface area (Å²) in [6, 6.07) is 0. The van der Waals surface area contributed by atoms with Crippen LogP contribution in [0.5, 0.6) is 0 Å². The molecule has 1 N–H and O–H groups in total. The number of hydrogen-bond acceptors (Lipinski definition) is 1. The molecule has 1 aliphatic heterocycles. The van der Waals surface area contributed by atoms with Crippen molar-refractivity contribution in [2.45, 2.75) is 40.0 Å². The third-order valence-electron chi connectivity index (χ3n) is 3.54. The standard InChI is InChI=1S/C11H23N/c1-4-10(5-2)11-8-12-7-6-9(11)3/h9-12H,4-8H2,1-3H3. The highest BCUT2D eigenvalue weighted by Crippen LogP contribution is 2.29. The van der Waals surface area contributed by atoms with Crippen molar-refractivity contribution in [3.8, 4) is 0 Å². The summed E-state index contributed by atoms with van der Waals surface area (Å²) in [6.45, 7) is 9.57. The van der Waals surface area contributed by atoms with Gasteiger partial charge in [-0.2, -0.15) is 0 Å². The highest BCUT2D eigenvalue weighted by Gasteiger charge is 2.26. The van der Waals surface area contributed by atoms with E-state index in [1.54, 1.807) is 0 Å². The third kappa shape index (κ3) is 2.22. The molecule has 2 atom stereocenters. The molecule has 0 spiro atoms. The molecule has 1 fully saturated rings. The highest BCUT2D eigenvalue weighted by molar-refractivity contribution is 4.79. The van der Waals surface area contributed by atoms with Crippen molar-refractivity contribution >= 4 is 0 Å². The van der Waals surface area contributed by atoms with Crippen LogP contribution in [0.1, 0.15) is 40.0 Å². The van der Waals surface area contributed by atoms with Crippen molar-refractivity contribution in [1.29, 1.82) is 0 Å². The molecule has 72 valence electrons. The predicted octanol–water partition coefficient (Wildman–Crippen LogP) is 2.67. The van der Waals surface area contributed by atoms with E-state index in [1.807, 2.05) is 0 Å². The van der Waals surface area contributed by atoms with Gasteiger partial charge in [-0.15, -0.1) is 0 Å². The molecule has 0 aromatic carbocycles. The minimum absolute atomic E-state index is 0.939. The normalized spacial score (nSPS) is 31.0. The Morgan fingerprint density at radius 3 is 2.50 bits per heavy atom. The summed E-state index contributed by atoms with van der Waals surface area (Å²) in [5.74, 6) is 2.83. The molecule has 0 radical (unpaired) electrons. The molecule has 1 heterocycles. The van der Waals surface area contributed by atoms with E-state index in [4.69, 9.17) is 0 Å². The minimum atomic E-state index is 0.939. The van der Waals surface area contributed by atoms with Crippen molar-refractivity contribution in [2.75, 3.05) is 13.1 Å². The summed E-state index contributed by atoms with van der Waals surface area (Å²) in [7, 11) is 0. The molecule has 1 nitrogen and oxygen atoms in total. The van der Waals surface area contributed by atoms with Crippen molar-refractivity contribution in [2.24, 2.45) is 17.8 Å². The zero-order valence-corrected chi connectivity index (χ0v) is 8.77. The topological polar surface area (TPSA) is 12.0 Å². The summed E-state index contributed by atoms with van der Waals surface area (Å²) in [4.78, 5) is 0. The van der Waals surface area contributed by atoms with E-state index in [0.29, 0.717) is 0 Å². The lowest BCUT2D eigenvalue weighted by Crippen LogP contribution is -2.39. The van der Waals surface area contributed by atoms with Crippen LogP contribution >= 0.6 is 0 Å². The maximum atomic E-state index is 3.51. The fourth-order valence-corrected chi connectivity index (χ4v) is 2.54. The van der Waals surface area contributed by atoms with Gasteiger partial charge < -0.3 is 5.32 Å². The first-order valence-electron chi connectivity index (χ1n) is 5.50. The Hall–Kier alpha value is -0.0400. The van der Waals surface area contributed by atoms with Crippen LogP contribution in [0, 0.1) is 17.8 Å². The fourth-order valence-electron chi connectivity index (χ4n) is 2.54. The van der Waals surface area contributed by atoms with Gasteiger partial charge in [0.25, 0.3) is 0 Å². The summed E-state index contributed by atoms with van der Waals surface area (Å²) < 4.78 is 0. The van der Waals surface area contributed by atoms with Crippen molar-refractivity contribution in [3.05, 3.63) is 0 Å². The Kier molecular flexibility index (Phi) is 4.07. The number of piperidine rings is 1. The van der Waals surface area contributed by atoms with Gasteiger partial charge >= 0.3 is 0 Å². The maximum absolute atomic E-state index is 3.51. The lowest BCUT2D eigenvalue weighted by molar-refractivity contribution is 0.180. The average molecular weight is 169 g/mol. The SMILES string of the molecule is CCC(CC)C1CNCCC1C. The van der Waals surface area contributed by atoms with Crippen LogP contribution in [0.4, 0.5) is 0 Å². The van der Waals surface area contributed by atoms with Gasteiger partial charge in [0.2, 0.25) is 0 Å². The fraction of sp³-hybridized carbons (Fsp3) is 1.00. The van der Waals surface area contributed by atoms with E-state index in [9.17, 15) is 0 Å². The second-order valence-corrected chi connectivity index (χ2v) is 4.21. The molecule has 0 amide bonds. The van der Waals surface area contributed by atoms with Gasteiger partial charge in [0, 0.05) is 0 Å².